The lowest BCUT2D eigenvalue weighted by atomic mass is 10.0. The van der Waals surface area contributed by atoms with Gasteiger partial charge in [-0.1, -0.05) is 30.3 Å². The van der Waals surface area contributed by atoms with Gasteiger partial charge in [-0.3, -0.25) is 9.78 Å². The van der Waals surface area contributed by atoms with Crippen molar-refractivity contribution in [3.05, 3.63) is 72.4 Å². The van der Waals surface area contributed by atoms with Crippen LogP contribution in [0.25, 0.3) is 21.7 Å². The van der Waals surface area contributed by atoms with Crippen molar-refractivity contribution in [1.82, 2.24) is 9.29 Å². The standard InChI is InChI=1S/C26H25N3O4S/c1-2-33-23-12-11-19(17-24(23)34(31,32)29-14-5-6-15-29)28-26(30)22-16-18-8-3-4-9-20(18)21-10-7-13-27-25(21)22/h3-4,7-13,16-17H,2,5-6,14-15H2,1H3,(H,28,30). The van der Waals surface area contributed by atoms with Crippen LogP contribution in [0, 0.1) is 0 Å². The number of hydrogen-bond acceptors (Lipinski definition) is 5. The fourth-order valence-corrected chi connectivity index (χ4v) is 6.10. The second-order valence-corrected chi connectivity index (χ2v) is 10.1. The number of amides is 1. The monoisotopic (exact) mass is 475 g/mol. The van der Waals surface area contributed by atoms with E-state index in [0.717, 1.165) is 29.0 Å². The maximum absolute atomic E-state index is 13.4. The number of hydrogen-bond donors (Lipinski definition) is 1. The van der Waals surface area contributed by atoms with E-state index in [9.17, 15) is 13.2 Å². The van der Waals surface area contributed by atoms with E-state index in [1.807, 2.05) is 42.5 Å². The molecule has 1 saturated heterocycles. The molecule has 0 spiro atoms. The van der Waals surface area contributed by atoms with E-state index < -0.39 is 10.0 Å². The Hall–Kier alpha value is -3.49. The summed E-state index contributed by atoms with van der Waals surface area (Å²) in [7, 11) is -3.73. The molecule has 0 saturated carbocycles. The maximum Gasteiger partial charge on any atom is 0.257 e. The number of carbonyl (C=O) groups is 1. The minimum absolute atomic E-state index is 0.0653. The fraction of sp³-hybridized carbons (Fsp3) is 0.231. The van der Waals surface area contributed by atoms with Crippen molar-refractivity contribution in [3.8, 4) is 5.75 Å². The fourth-order valence-electron chi connectivity index (χ4n) is 4.43. The van der Waals surface area contributed by atoms with Crippen LogP contribution in [0.5, 0.6) is 5.75 Å². The van der Waals surface area contributed by atoms with Crippen LogP contribution in [0.2, 0.25) is 0 Å². The van der Waals surface area contributed by atoms with Gasteiger partial charge in [0, 0.05) is 30.4 Å². The predicted octanol–water partition coefficient (Wildman–Crippen LogP) is 4.82. The quantitative estimate of drug-likeness (QED) is 0.404. The van der Waals surface area contributed by atoms with Crippen molar-refractivity contribution < 1.29 is 17.9 Å². The summed E-state index contributed by atoms with van der Waals surface area (Å²) in [4.78, 5) is 17.9. The smallest absolute Gasteiger partial charge is 0.257 e. The van der Waals surface area contributed by atoms with Gasteiger partial charge in [-0.15, -0.1) is 0 Å². The first kappa shape index (κ1) is 22.3. The van der Waals surface area contributed by atoms with Gasteiger partial charge >= 0.3 is 0 Å². The molecule has 2 heterocycles. The van der Waals surface area contributed by atoms with Gasteiger partial charge in [-0.2, -0.15) is 4.31 Å². The summed E-state index contributed by atoms with van der Waals surface area (Å²) >= 11 is 0. The first-order valence-electron chi connectivity index (χ1n) is 11.3. The number of nitrogens with one attached hydrogen (secondary N) is 1. The Morgan fingerprint density at radius 1 is 1.03 bits per heavy atom. The molecule has 7 nitrogen and oxygen atoms in total. The first-order valence-corrected chi connectivity index (χ1v) is 12.8. The number of rotatable bonds is 6. The largest absolute Gasteiger partial charge is 0.492 e. The highest BCUT2D eigenvalue weighted by Gasteiger charge is 2.30. The topological polar surface area (TPSA) is 88.6 Å². The van der Waals surface area contributed by atoms with Crippen LogP contribution in [0.15, 0.2) is 71.8 Å². The van der Waals surface area contributed by atoms with Gasteiger partial charge in [0.05, 0.1) is 17.7 Å². The molecule has 1 aliphatic heterocycles. The third kappa shape index (κ3) is 3.99. The summed E-state index contributed by atoms with van der Waals surface area (Å²) in [6.45, 7) is 3.11. The Balaban J connectivity index is 1.55. The molecule has 5 rings (SSSR count). The number of aromatic nitrogens is 1. The Kier molecular flexibility index (Phi) is 5.93. The summed E-state index contributed by atoms with van der Waals surface area (Å²) in [6.07, 6.45) is 3.33. The third-order valence-electron chi connectivity index (χ3n) is 6.04. The second kappa shape index (κ2) is 9.04. The van der Waals surface area contributed by atoms with Crippen molar-refractivity contribution >= 4 is 43.3 Å². The highest BCUT2D eigenvalue weighted by molar-refractivity contribution is 7.89. The van der Waals surface area contributed by atoms with Gasteiger partial charge in [-0.05, 0) is 60.9 Å². The van der Waals surface area contributed by atoms with E-state index in [0.29, 0.717) is 36.5 Å². The molecule has 0 atom stereocenters. The number of pyridine rings is 1. The molecule has 174 valence electrons. The number of carbonyl (C=O) groups excluding carboxylic acids is 1. The minimum Gasteiger partial charge on any atom is -0.492 e. The average Bonchev–Trinajstić information content (AvgIpc) is 3.41. The average molecular weight is 476 g/mol. The first-order chi connectivity index (χ1) is 16.5. The lowest BCUT2D eigenvalue weighted by Crippen LogP contribution is -2.28. The molecule has 0 aliphatic carbocycles. The van der Waals surface area contributed by atoms with E-state index in [4.69, 9.17) is 4.74 Å². The molecular weight excluding hydrogens is 450 g/mol. The Morgan fingerprint density at radius 3 is 2.59 bits per heavy atom. The number of anilines is 1. The zero-order valence-electron chi connectivity index (χ0n) is 18.8. The Morgan fingerprint density at radius 2 is 1.79 bits per heavy atom. The number of sulfonamides is 1. The third-order valence-corrected chi connectivity index (χ3v) is 7.96. The summed E-state index contributed by atoms with van der Waals surface area (Å²) < 4.78 is 33.6. The summed E-state index contributed by atoms with van der Waals surface area (Å²) in [5.41, 5.74) is 1.39. The predicted molar refractivity (Wildman–Crippen MR) is 133 cm³/mol. The normalized spacial score (nSPS) is 14.5. The van der Waals surface area contributed by atoms with Crippen molar-refractivity contribution in [2.24, 2.45) is 0 Å². The van der Waals surface area contributed by atoms with Gasteiger partial charge in [-0.25, -0.2) is 8.42 Å². The molecule has 0 unspecified atom stereocenters. The molecule has 1 fully saturated rings. The molecule has 1 N–H and O–H groups in total. The Labute approximate surface area is 198 Å². The lowest BCUT2D eigenvalue weighted by Gasteiger charge is -2.19. The van der Waals surface area contributed by atoms with Crippen LogP contribution >= 0.6 is 0 Å². The zero-order valence-corrected chi connectivity index (χ0v) is 19.6. The van der Waals surface area contributed by atoms with Crippen LogP contribution in [-0.4, -0.2) is 43.3 Å². The van der Waals surface area contributed by atoms with E-state index in [-0.39, 0.29) is 16.6 Å². The van der Waals surface area contributed by atoms with Crippen LogP contribution in [0.3, 0.4) is 0 Å². The molecule has 0 radical (unpaired) electrons. The SMILES string of the molecule is CCOc1ccc(NC(=O)c2cc3ccccc3c3cccnc23)cc1S(=O)(=O)N1CCCC1. The second-order valence-electron chi connectivity index (χ2n) is 8.20. The summed E-state index contributed by atoms with van der Waals surface area (Å²) in [5.74, 6) is -0.0756. The maximum atomic E-state index is 13.4. The van der Waals surface area contributed by atoms with Crippen molar-refractivity contribution in [2.45, 2.75) is 24.7 Å². The number of nitrogens with zero attached hydrogens (tertiary/aromatic N) is 2. The molecule has 3 aromatic carbocycles. The molecule has 1 aliphatic rings. The minimum atomic E-state index is -3.73. The molecule has 1 aromatic heterocycles. The van der Waals surface area contributed by atoms with Gasteiger partial charge in [0.1, 0.15) is 10.6 Å². The van der Waals surface area contributed by atoms with Crippen molar-refractivity contribution in [2.75, 3.05) is 25.0 Å². The molecule has 4 aromatic rings. The molecule has 8 heteroatoms. The lowest BCUT2D eigenvalue weighted by molar-refractivity contribution is 0.102. The number of fused-ring (bicyclic) bond motifs is 3. The number of ether oxygens (including phenoxy) is 1. The molecule has 34 heavy (non-hydrogen) atoms. The summed E-state index contributed by atoms with van der Waals surface area (Å²) in [5, 5.41) is 5.70. The van der Waals surface area contributed by atoms with Crippen LogP contribution in [0.4, 0.5) is 5.69 Å². The van der Waals surface area contributed by atoms with E-state index in [1.54, 1.807) is 25.3 Å². The van der Waals surface area contributed by atoms with Crippen molar-refractivity contribution in [3.63, 3.8) is 0 Å². The summed E-state index contributed by atoms with van der Waals surface area (Å²) in [6, 6.07) is 18.2. The number of benzene rings is 3. The van der Waals surface area contributed by atoms with Crippen LogP contribution in [0.1, 0.15) is 30.1 Å². The van der Waals surface area contributed by atoms with Gasteiger partial charge in [0.15, 0.2) is 0 Å². The van der Waals surface area contributed by atoms with Crippen LogP contribution < -0.4 is 10.1 Å². The van der Waals surface area contributed by atoms with Crippen molar-refractivity contribution in [1.29, 1.82) is 0 Å². The van der Waals surface area contributed by atoms with Gasteiger partial charge in [0.25, 0.3) is 5.91 Å². The molecule has 0 bridgehead atoms. The van der Waals surface area contributed by atoms with E-state index in [2.05, 4.69) is 10.3 Å². The van der Waals surface area contributed by atoms with E-state index in [1.165, 1.54) is 10.4 Å². The molecule has 1 amide bonds. The molecular formula is C26H25N3O4S. The van der Waals surface area contributed by atoms with Crippen LogP contribution in [-0.2, 0) is 10.0 Å². The Bertz CT molecular complexity index is 1490. The zero-order chi connectivity index (χ0) is 23.7. The van der Waals surface area contributed by atoms with Gasteiger partial charge in [0.2, 0.25) is 10.0 Å². The highest BCUT2D eigenvalue weighted by atomic mass is 32.2. The van der Waals surface area contributed by atoms with Gasteiger partial charge < -0.3 is 10.1 Å². The highest BCUT2D eigenvalue weighted by Crippen LogP contribution is 2.33. The van der Waals surface area contributed by atoms with E-state index >= 15 is 0 Å².